The van der Waals surface area contributed by atoms with E-state index in [0.29, 0.717) is 23.4 Å². The molecule has 0 amide bonds. The van der Waals surface area contributed by atoms with E-state index in [1.165, 1.54) is 12.1 Å². The van der Waals surface area contributed by atoms with Crippen molar-refractivity contribution in [2.75, 3.05) is 7.11 Å². The number of hydrogen-bond donors (Lipinski definition) is 1. The molecule has 106 valence electrons. The molecule has 0 spiro atoms. The molecule has 3 nitrogen and oxygen atoms in total. The van der Waals surface area contributed by atoms with E-state index in [1.807, 2.05) is 18.2 Å². The molecule has 2 rings (SSSR count). The summed E-state index contributed by atoms with van der Waals surface area (Å²) in [5.74, 6) is 0.887. The highest BCUT2D eigenvalue weighted by Gasteiger charge is 2.05. The average Bonchev–Trinajstić information content (AvgIpc) is 2.43. The highest BCUT2D eigenvalue weighted by atomic mass is 79.9. The molecule has 0 fully saturated rings. The van der Waals surface area contributed by atoms with Crippen LogP contribution in [0, 0.1) is 5.82 Å². The number of halogens is 2. The van der Waals surface area contributed by atoms with Crippen LogP contribution in [-0.2, 0) is 13.2 Å². The van der Waals surface area contributed by atoms with Crippen molar-refractivity contribution in [2.45, 2.75) is 13.2 Å². The predicted molar refractivity (Wildman–Crippen MR) is 79.3 cm³/mol. The molecule has 0 heterocycles. The number of benzene rings is 2. The molecule has 0 aromatic heterocycles. The maximum Gasteiger partial charge on any atom is 0.128 e. The first-order valence-electron chi connectivity index (χ1n) is 6.07. The number of rotatable bonds is 5. The van der Waals surface area contributed by atoms with Crippen molar-refractivity contribution in [3.8, 4) is 11.5 Å². The zero-order chi connectivity index (χ0) is 14.5. The van der Waals surface area contributed by atoms with Crippen LogP contribution in [0.1, 0.15) is 11.1 Å². The van der Waals surface area contributed by atoms with Gasteiger partial charge in [-0.15, -0.1) is 0 Å². The number of ether oxygens (including phenoxy) is 2. The van der Waals surface area contributed by atoms with Crippen LogP contribution in [0.5, 0.6) is 11.5 Å². The van der Waals surface area contributed by atoms with Crippen molar-refractivity contribution in [3.05, 3.63) is 57.8 Å². The zero-order valence-corrected chi connectivity index (χ0v) is 12.6. The van der Waals surface area contributed by atoms with Crippen molar-refractivity contribution in [3.63, 3.8) is 0 Å². The molecule has 2 N–H and O–H groups in total. The van der Waals surface area contributed by atoms with Crippen LogP contribution >= 0.6 is 15.9 Å². The van der Waals surface area contributed by atoms with Gasteiger partial charge in [0.2, 0.25) is 0 Å². The standard InChI is InChI=1S/C15H15BrFNO2/c1-19-15-3-2-10(4-11(15)8-18)9-20-14-6-12(16)5-13(17)7-14/h2-7H,8-9,18H2,1H3. The van der Waals surface area contributed by atoms with Crippen molar-refractivity contribution in [2.24, 2.45) is 5.73 Å². The van der Waals surface area contributed by atoms with Gasteiger partial charge in [-0.25, -0.2) is 4.39 Å². The van der Waals surface area contributed by atoms with Gasteiger partial charge in [-0.1, -0.05) is 22.0 Å². The lowest BCUT2D eigenvalue weighted by atomic mass is 10.1. The summed E-state index contributed by atoms with van der Waals surface area (Å²) in [4.78, 5) is 0. The maximum absolute atomic E-state index is 13.2. The summed E-state index contributed by atoms with van der Waals surface area (Å²) in [6.07, 6.45) is 0. The Labute approximate surface area is 125 Å². The summed E-state index contributed by atoms with van der Waals surface area (Å²) in [6, 6.07) is 10.1. The van der Waals surface area contributed by atoms with Crippen LogP contribution < -0.4 is 15.2 Å². The van der Waals surface area contributed by atoms with Crippen LogP contribution in [0.4, 0.5) is 4.39 Å². The topological polar surface area (TPSA) is 44.5 Å². The van der Waals surface area contributed by atoms with E-state index in [2.05, 4.69) is 15.9 Å². The summed E-state index contributed by atoms with van der Waals surface area (Å²) >= 11 is 3.23. The molecule has 0 saturated heterocycles. The van der Waals surface area contributed by atoms with E-state index < -0.39 is 0 Å². The van der Waals surface area contributed by atoms with Gasteiger partial charge in [-0.2, -0.15) is 0 Å². The molecule has 0 aliphatic carbocycles. The number of hydrogen-bond acceptors (Lipinski definition) is 3. The van der Waals surface area contributed by atoms with Gasteiger partial charge in [0, 0.05) is 22.6 Å². The Bertz CT molecular complexity index is 584. The SMILES string of the molecule is COc1ccc(COc2cc(F)cc(Br)c2)cc1CN. The summed E-state index contributed by atoms with van der Waals surface area (Å²) in [5, 5.41) is 0. The fourth-order valence-electron chi connectivity index (χ4n) is 1.86. The molecule has 0 aliphatic rings. The molecule has 0 bridgehead atoms. The van der Waals surface area contributed by atoms with Gasteiger partial charge in [-0.3, -0.25) is 0 Å². The summed E-state index contributed by atoms with van der Waals surface area (Å²) in [5.41, 5.74) is 7.53. The fraction of sp³-hybridized carbons (Fsp3) is 0.200. The molecule has 0 unspecified atom stereocenters. The summed E-state index contributed by atoms with van der Waals surface area (Å²) in [7, 11) is 1.61. The Hall–Kier alpha value is -1.59. The Kier molecular flexibility index (Phi) is 4.98. The molecular formula is C15H15BrFNO2. The minimum absolute atomic E-state index is 0.340. The molecule has 0 saturated carbocycles. The molecule has 2 aromatic rings. The van der Waals surface area contributed by atoms with E-state index in [-0.39, 0.29) is 5.82 Å². The second-order valence-corrected chi connectivity index (χ2v) is 5.16. The first-order valence-corrected chi connectivity index (χ1v) is 6.86. The van der Waals surface area contributed by atoms with E-state index in [0.717, 1.165) is 16.9 Å². The molecule has 0 atom stereocenters. The Morgan fingerprint density at radius 1 is 1.20 bits per heavy atom. The van der Waals surface area contributed by atoms with Crippen molar-refractivity contribution in [1.29, 1.82) is 0 Å². The second kappa shape index (κ2) is 6.72. The quantitative estimate of drug-likeness (QED) is 0.904. The molecule has 0 radical (unpaired) electrons. The van der Waals surface area contributed by atoms with Crippen LogP contribution in [0.15, 0.2) is 40.9 Å². The zero-order valence-electron chi connectivity index (χ0n) is 11.0. The van der Waals surface area contributed by atoms with Crippen LogP contribution in [-0.4, -0.2) is 7.11 Å². The highest BCUT2D eigenvalue weighted by Crippen LogP contribution is 2.23. The van der Waals surface area contributed by atoms with E-state index >= 15 is 0 Å². The molecule has 0 aliphatic heterocycles. The fourth-order valence-corrected chi connectivity index (χ4v) is 2.30. The third-order valence-electron chi connectivity index (χ3n) is 2.81. The lowest BCUT2D eigenvalue weighted by Gasteiger charge is -2.11. The van der Waals surface area contributed by atoms with E-state index in [1.54, 1.807) is 13.2 Å². The summed E-state index contributed by atoms with van der Waals surface area (Å²) in [6.45, 7) is 0.732. The van der Waals surface area contributed by atoms with Crippen LogP contribution in [0.3, 0.4) is 0 Å². The van der Waals surface area contributed by atoms with Gasteiger partial charge in [0.05, 0.1) is 7.11 Å². The van der Waals surface area contributed by atoms with Gasteiger partial charge in [-0.05, 0) is 29.8 Å². The predicted octanol–water partition coefficient (Wildman–Crippen LogP) is 3.63. The molecular weight excluding hydrogens is 325 g/mol. The smallest absolute Gasteiger partial charge is 0.128 e. The van der Waals surface area contributed by atoms with Gasteiger partial charge in [0.25, 0.3) is 0 Å². The van der Waals surface area contributed by atoms with Crippen LogP contribution in [0.25, 0.3) is 0 Å². The van der Waals surface area contributed by atoms with E-state index in [9.17, 15) is 4.39 Å². The first kappa shape index (κ1) is 14.8. The minimum atomic E-state index is -0.341. The van der Waals surface area contributed by atoms with Crippen molar-refractivity contribution in [1.82, 2.24) is 0 Å². The normalized spacial score (nSPS) is 10.4. The molecule has 5 heteroatoms. The van der Waals surface area contributed by atoms with Crippen molar-refractivity contribution < 1.29 is 13.9 Å². The number of methoxy groups -OCH3 is 1. The highest BCUT2D eigenvalue weighted by molar-refractivity contribution is 9.10. The van der Waals surface area contributed by atoms with Crippen LogP contribution in [0.2, 0.25) is 0 Å². The summed E-state index contributed by atoms with van der Waals surface area (Å²) < 4.78 is 24.7. The third kappa shape index (κ3) is 3.71. The minimum Gasteiger partial charge on any atom is -0.496 e. The monoisotopic (exact) mass is 339 g/mol. The molecule has 2 aromatic carbocycles. The van der Waals surface area contributed by atoms with Gasteiger partial charge in [0.15, 0.2) is 0 Å². The third-order valence-corrected chi connectivity index (χ3v) is 3.26. The van der Waals surface area contributed by atoms with Crippen molar-refractivity contribution >= 4 is 15.9 Å². The van der Waals surface area contributed by atoms with Gasteiger partial charge >= 0.3 is 0 Å². The Balaban J connectivity index is 2.10. The number of nitrogens with two attached hydrogens (primary N) is 1. The second-order valence-electron chi connectivity index (χ2n) is 4.24. The largest absolute Gasteiger partial charge is 0.496 e. The van der Waals surface area contributed by atoms with Gasteiger partial charge < -0.3 is 15.2 Å². The van der Waals surface area contributed by atoms with Gasteiger partial charge in [0.1, 0.15) is 23.9 Å². The molecule has 20 heavy (non-hydrogen) atoms. The Morgan fingerprint density at radius 3 is 2.65 bits per heavy atom. The Morgan fingerprint density at radius 2 is 2.00 bits per heavy atom. The van der Waals surface area contributed by atoms with E-state index in [4.69, 9.17) is 15.2 Å². The lowest BCUT2D eigenvalue weighted by Crippen LogP contribution is -2.02. The maximum atomic E-state index is 13.2. The lowest BCUT2D eigenvalue weighted by molar-refractivity contribution is 0.304. The average molecular weight is 340 g/mol. The first-order chi connectivity index (χ1) is 9.62.